The maximum absolute atomic E-state index is 12.8. The molecule has 2 aromatic rings. The smallest absolute Gasteiger partial charge is 0.416 e. The maximum Gasteiger partial charge on any atom is 0.416 e. The lowest BCUT2D eigenvalue weighted by Gasteiger charge is -2.07. The van der Waals surface area contributed by atoms with Gasteiger partial charge in [-0.1, -0.05) is 13.3 Å². The third kappa shape index (κ3) is 2.95. The highest BCUT2D eigenvalue weighted by atomic mass is 32.1. The second-order valence-electron chi connectivity index (χ2n) is 4.41. The van der Waals surface area contributed by atoms with E-state index in [2.05, 4.69) is 0 Å². The van der Waals surface area contributed by atoms with E-state index in [9.17, 15) is 18.0 Å². The van der Waals surface area contributed by atoms with E-state index in [0.29, 0.717) is 16.5 Å². The summed E-state index contributed by atoms with van der Waals surface area (Å²) in [5.41, 5.74) is -0.737. The summed E-state index contributed by atoms with van der Waals surface area (Å²) in [5, 5.41) is 0.350. The fraction of sp³-hybridized carbons (Fsp3) is 0.357. The van der Waals surface area contributed by atoms with E-state index in [1.807, 2.05) is 6.92 Å². The molecule has 0 unspecified atom stereocenters. The minimum atomic E-state index is -4.41. The van der Waals surface area contributed by atoms with Crippen molar-refractivity contribution in [3.05, 3.63) is 28.6 Å². The highest BCUT2D eigenvalue weighted by Crippen LogP contribution is 2.41. The fourth-order valence-electron chi connectivity index (χ4n) is 1.95. The molecule has 2 nitrogen and oxygen atoms in total. The summed E-state index contributed by atoms with van der Waals surface area (Å²) in [7, 11) is 0. The molecule has 0 spiro atoms. The van der Waals surface area contributed by atoms with Gasteiger partial charge in [-0.15, -0.1) is 11.3 Å². The molecule has 0 atom stereocenters. The number of aryl methyl sites for hydroxylation is 1. The number of alkyl halides is 3. The molecule has 6 heteroatoms. The third-order valence-corrected chi connectivity index (χ3v) is 3.97. The second kappa shape index (κ2) is 5.44. The van der Waals surface area contributed by atoms with E-state index in [1.54, 1.807) is 0 Å². The van der Waals surface area contributed by atoms with Gasteiger partial charge in [0, 0.05) is 21.9 Å². The van der Waals surface area contributed by atoms with Crippen molar-refractivity contribution in [2.45, 2.75) is 32.9 Å². The van der Waals surface area contributed by atoms with Crippen molar-refractivity contribution >= 4 is 27.4 Å². The summed E-state index contributed by atoms with van der Waals surface area (Å²) < 4.78 is 44.1. The van der Waals surface area contributed by atoms with Gasteiger partial charge in [0.15, 0.2) is 5.75 Å². The van der Waals surface area contributed by atoms with Gasteiger partial charge in [0.05, 0.1) is 5.56 Å². The van der Waals surface area contributed by atoms with Gasteiger partial charge in [-0.3, -0.25) is 4.79 Å². The Morgan fingerprint density at radius 3 is 2.60 bits per heavy atom. The normalized spacial score (nSPS) is 11.8. The number of fused-ring (bicyclic) bond motifs is 1. The standard InChI is InChI=1S/C14H13F3O2S/c1-3-4-12-13(19-8(2)18)10-7-9(14(15,16)17)5-6-11(10)20-12/h5-7H,3-4H2,1-2H3. The average Bonchev–Trinajstić information content (AvgIpc) is 2.66. The van der Waals surface area contributed by atoms with Gasteiger partial charge in [-0.2, -0.15) is 13.2 Å². The molecule has 0 radical (unpaired) electrons. The van der Waals surface area contributed by atoms with Gasteiger partial charge < -0.3 is 4.74 Å². The first kappa shape index (κ1) is 14.8. The van der Waals surface area contributed by atoms with Gasteiger partial charge >= 0.3 is 12.1 Å². The second-order valence-corrected chi connectivity index (χ2v) is 5.54. The topological polar surface area (TPSA) is 26.3 Å². The molecule has 1 aromatic carbocycles. The Bertz CT molecular complexity index is 644. The van der Waals surface area contributed by atoms with Gasteiger partial charge in [0.2, 0.25) is 0 Å². The van der Waals surface area contributed by atoms with Gasteiger partial charge in [-0.25, -0.2) is 0 Å². The predicted molar refractivity (Wildman–Crippen MR) is 72.1 cm³/mol. The molecule has 0 N–H and O–H groups in total. The first-order valence-electron chi connectivity index (χ1n) is 6.14. The molecule has 0 amide bonds. The first-order valence-corrected chi connectivity index (χ1v) is 6.95. The van der Waals surface area contributed by atoms with Crippen molar-refractivity contribution in [1.82, 2.24) is 0 Å². The number of rotatable bonds is 3. The van der Waals surface area contributed by atoms with Crippen LogP contribution in [0.15, 0.2) is 18.2 Å². The van der Waals surface area contributed by atoms with Crippen molar-refractivity contribution in [1.29, 1.82) is 0 Å². The van der Waals surface area contributed by atoms with Crippen LogP contribution in [0.1, 0.15) is 30.7 Å². The summed E-state index contributed by atoms with van der Waals surface area (Å²) in [5.74, 6) is -0.259. The highest BCUT2D eigenvalue weighted by molar-refractivity contribution is 7.19. The van der Waals surface area contributed by atoms with Crippen molar-refractivity contribution < 1.29 is 22.7 Å². The lowest BCUT2D eigenvalue weighted by atomic mass is 10.1. The largest absolute Gasteiger partial charge is 0.425 e. The fourth-order valence-corrected chi connectivity index (χ4v) is 3.16. The predicted octanol–water partition coefficient (Wildman–Crippen LogP) is 4.80. The Labute approximate surface area is 118 Å². The van der Waals surface area contributed by atoms with Crippen LogP contribution in [-0.4, -0.2) is 5.97 Å². The molecular weight excluding hydrogens is 289 g/mol. The average molecular weight is 302 g/mol. The summed E-state index contributed by atoms with van der Waals surface area (Å²) in [6.45, 7) is 3.20. The minimum absolute atomic E-state index is 0.269. The Kier molecular flexibility index (Phi) is 4.04. The Morgan fingerprint density at radius 1 is 1.35 bits per heavy atom. The van der Waals surface area contributed by atoms with Gasteiger partial charge in [0.25, 0.3) is 0 Å². The number of thiophene rings is 1. The summed E-state index contributed by atoms with van der Waals surface area (Å²) in [6.07, 6.45) is -2.91. The first-order chi connectivity index (χ1) is 9.32. The number of esters is 1. The number of halogens is 3. The highest BCUT2D eigenvalue weighted by Gasteiger charge is 2.31. The van der Waals surface area contributed by atoms with Crippen LogP contribution in [0.3, 0.4) is 0 Å². The SMILES string of the molecule is CCCc1sc2ccc(C(F)(F)F)cc2c1OC(C)=O. The van der Waals surface area contributed by atoms with Crippen LogP contribution in [0.2, 0.25) is 0 Å². The zero-order valence-corrected chi connectivity index (χ0v) is 11.8. The van der Waals surface area contributed by atoms with Crippen LogP contribution in [-0.2, 0) is 17.4 Å². The zero-order chi connectivity index (χ0) is 14.9. The summed E-state index contributed by atoms with van der Waals surface area (Å²) in [4.78, 5) is 12.0. The minimum Gasteiger partial charge on any atom is -0.425 e. The molecule has 0 saturated heterocycles. The van der Waals surface area contributed by atoms with Gasteiger partial charge in [-0.05, 0) is 24.6 Å². The molecule has 0 aliphatic heterocycles. The molecule has 1 aromatic heterocycles. The lowest BCUT2D eigenvalue weighted by Crippen LogP contribution is -2.05. The number of hydrogen-bond donors (Lipinski definition) is 0. The summed E-state index contributed by atoms with van der Waals surface area (Å²) in [6, 6.07) is 3.52. The molecule has 20 heavy (non-hydrogen) atoms. The van der Waals surface area contributed by atoms with Crippen LogP contribution >= 0.6 is 11.3 Å². The van der Waals surface area contributed by atoms with E-state index in [1.165, 1.54) is 24.3 Å². The Morgan fingerprint density at radius 2 is 2.05 bits per heavy atom. The molecule has 0 saturated carbocycles. The van der Waals surface area contributed by atoms with E-state index >= 15 is 0 Å². The van der Waals surface area contributed by atoms with Crippen LogP contribution in [0.4, 0.5) is 13.2 Å². The summed E-state index contributed by atoms with van der Waals surface area (Å²) >= 11 is 1.37. The monoisotopic (exact) mass is 302 g/mol. The quantitative estimate of drug-likeness (QED) is 0.761. The number of ether oxygens (including phenoxy) is 1. The van der Waals surface area contributed by atoms with Crippen molar-refractivity contribution in [2.75, 3.05) is 0 Å². The molecule has 0 aliphatic rings. The number of carbonyl (C=O) groups excluding carboxylic acids is 1. The van der Waals surface area contributed by atoms with Crippen LogP contribution in [0.5, 0.6) is 5.75 Å². The molecule has 0 bridgehead atoms. The van der Waals surface area contributed by atoms with E-state index in [4.69, 9.17) is 4.74 Å². The van der Waals surface area contributed by atoms with Crippen LogP contribution in [0, 0.1) is 0 Å². The molecule has 2 rings (SSSR count). The number of carbonyl (C=O) groups is 1. The molecule has 0 aliphatic carbocycles. The molecule has 0 fully saturated rings. The maximum atomic E-state index is 12.8. The third-order valence-electron chi connectivity index (χ3n) is 2.76. The van der Waals surface area contributed by atoms with Gasteiger partial charge in [0.1, 0.15) is 0 Å². The van der Waals surface area contributed by atoms with Crippen molar-refractivity contribution in [3.63, 3.8) is 0 Å². The van der Waals surface area contributed by atoms with E-state index in [0.717, 1.165) is 23.4 Å². The van der Waals surface area contributed by atoms with E-state index in [-0.39, 0.29) is 5.75 Å². The Hall–Kier alpha value is -1.56. The molecule has 1 heterocycles. The van der Waals surface area contributed by atoms with Crippen LogP contribution < -0.4 is 4.74 Å². The van der Waals surface area contributed by atoms with Crippen LogP contribution in [0.25, 0.3) is 10.1 Å². The lowest BCUT2D eigenvalue weighted by molar-refractivity contribution is -0.137. The van der Waals surface area contributed by atoms with E-state index < -0.39 is 17.7 Å². The van der Waals surface area contributed by atoms with Crippen molar-refractivity contribution in [2.24, 2.45) is 0 Å². The molecular formula is C14H13F3O2S. The number of hydrogen-bond acceptors (Lipinski definition) is 3. The van der Waals surface area contributed by atoms with Crippen molar-refractivity contribution in [3.8, 4) is 5.75 Å². The number of benzene rings is 1. The Balaban J connectivity index is 2.62. The zero-order valence-electron chi connectivity index (χ0n) is 11.0. The molecule has 108 valence electrons.